The summed E-state index contributed by atoms with van der Waals surface area (Å²) in [4.78, 5) is 68.3. The molecule has 0 saturated heterocycles. The number of ether oxygens (including phenoxy) is 3. The van der Waals surface area contributed by atoms with Crippen molar-refractivity contribution in [3.63, 3.8) is 0 Å². The maximum absolute atomic E-state index is 13.9. The Labute approximate surface area is 319 Å². The maximum Gasteiger partial charge on any atom is 0.337 e. The number of aliphatic carboxylic acids is 1. The molecule has 1 amide bonds. The summed E-state index contributed by atoms with van der Waals surface area (Å²) in [6.07, 6.45) is 15.0. The van der Waals surface area contributed by atoms with Gasteiger partial charge in [-0.15, -0.1) is 5.92 Å². The van der Waals surface area contributed by atoms with Gasteiger partial charge in [0.25, 0.3) is 0 Å². The number of methoxy groups -OCH3 is 1. The zero-order valence-electron chi connectivity index (χ0n) is 31.8. The molecular weight excluding hydrogens is 692 g/mol. The van der Waals surface area contributed by atoms with Gasteiger partial charge in [-0.05, 0) is 68.0 Å². The second kappa shape index (κ2) is 25.9. The number of nitrogens with zero attached hydrogens (tertiary/aromatic N) is 1. The highest BCUT2D eigenvalue weighted by Gasteiger charge is 2.49. The molecule has 0 aliphatic rings. The van der Waals surface area contributed by atoms with E-state index < -0.39 is 47.8 Å². The van der Waals surface area contributed by atoms with Crippen molar-refractivity contribution < 1.29 is 48.4 Å². The summed E-state index contributed by atoms with van der Waals surface area (Å²) in [5, 5.41) is 24.3. The molecule has 54 heavy (non-hydrogen) atoms. The number of aromatic nitrogens is 1. The Kier molecular flexibility index (Phi) is 21.6. The number of rotatable bonds is 27. The Morgan fingerprint density at radius 2 is 1.56 bits per heavy atom. The first-order valence-electron chi connectivity index (χ1n) is 18.7. The van der Waals surface area contributed by atoms with Gasteiger partial charge in [-0.2, -0.15) is 0 Å². The highest BCUT2D eigenvalue weighted by Crippen LogP contribution is 2.27. The molecule has 1 aromatic heterocycles. The average molecular weight is 749 g/mol. The third kappa shape index (κ3) is 17.2. The van der Waals surface area contributed by atoms with E-state index in [0.717, 1.165) is 45.6 Å². The number of carbonyl (C=O) groups is 5. The molecule has 0 spiro atoms. The third-order valence-corrected chi connectivity index (χ3v) is 8.85. The molecule has 2 aromatic rings. The fourth-order valence-corrected chi connectivity index (χ4v) is 5.66. The minimum Gasteiger partial charge on any atom is -0.481 e. The molecule has 12 heteroatoms. The lowest BCUT2D eigenvalue weighted by molar-refractivity contribution is -0.174. The van der Waals surface area contributed by atoms with Crippen LogP contribution in [0.15, 0.2) is 60.9 Å². The fraction of sp³-hybridized carbons (Fsp3) is 0.524. The lowest BCUT2D eigenvalue weighted by atomic mass is 9.82. The Hall–Kier alpha value is -5.02. The molecule has 0 aliphatic carbocycles. The number of esters is 2. The maximum atomic E-state index is 13.9. The lowest BCUT2D eigenvalue weighted by Crippen LogP contribution is -2.55. The number of benzene rings is 1. The molecule has 0 unspecified atom stereocenters. The number of unbranched alkanes of at least 4 members (excludes halogenated alkanes) is 8. The van der Waals surface area contributed by atoms with Crippen molar-refractivity contribution >= 4 is 29.6 Å². The highest BCUT2D eigenvalue weighted by atomic mass is 16.5. The van der Waals surface area contributed by atoms with E-state index in [1.807, 2.05) is 0 Å². The summed E-state index contributed by atoms with van der Waals surface area (Å²) >= 11 is 0. The molecule has 3 N–H and O–H groups in total. The van der Waals surface area contributed by atoms with E-state index in [-0.39, 0.29) is 25.4 Å². The number of nitrogens with one attached hydrogen (secondary N) is 1. The number of hydrogen-bond donors (Lipinski definition) is 3. The summed E-state index contributed by atoms with van der Waals surface area (Å²) in [6, 6.07) is 8.73. The molecule has 294 valence electrons. The number of Topliss-reactive ketones (excluding diaryl/α,β-unsaturated/α-hetero) is 1. The van der Waals surface area contributed by atoms with Gasteiger partial charge < -0.3 is 29.7 Å². The Balaban J connectivity index is 2.15. The zero-order valence-corrected chi connectivity index (χ0v) is 31.8. The van der Waals surface area contributed by atoms with E-state index in [1.54, 1.807) is 49.4 Å². The van der Waals surface area contributed by atoms with Crippen LogP contribution in [0.3, 0.4) is 0 Å². The van der Waals surface area contributed by atoms with Crippen molar-refractivity contribution in [2.75, 3.05) is 13.7 Å². The minimum absolute atomic E-state index is 0.0231. The number of carbonyl (C=O) groups excluding carboxylic acids is 4. The van der Waals surface area contributed by atoms with Crippen LogP contribution in [0.2, 0.25) is 0 Å². The molecule has 2 rings (SSSR count). The van der Waals surface area contributed by atoms with Gasteiger partial charge >= 0.3 is 17.9 Å². The van der Waals surface area contributed by atoms with Gasteiger partial charge in [0, 0.05) is 31.7 Å². The van der Waals surface area contributed by atoms with Crippen molar-refractivity contribution in [1.82, 2.24) is 10.3 Å². The van der Waals surface area contributed by atoms with Crippen molar-refractivity contribution in [3.8, 4) is 17.6 Å². The largest absolute Gasteiger partial charge is 0.481 e. The topological polar surface area (TPSA) is 178 Å². The van der Waals surface area contributed by atoms with Gasteiger partial charge in [-0.25, -0.2) is 9.59 Å². The van der Waals surface area contributed by atoms with Crippen molar-refractivity contribution in [3.05, 3.63) is 72.1 Å². The zero-order chi connectivity index (χ0) is 39.6. The van der Waals surface area contributed by atoms with Crippen LogP contribution in [0.5, 0.6) is 5.75 Å². The predicted octanol–water partition coefficient (Wildman–Crippen LogP) is 6.08. The molecule has 0 saturated carbocycles. The van der Waals surface area contributed by atoms with Gasteiger partial charge in [0.1, 0.15) is 30.8 Å². The van der Waals surface area contributed by atoms with E-state index >= 15 is 0 Å². The van der Waals surface area contributed by atoms with Crippen LogP contribution >= 0.6 is 0 Å². The van der Waals surface area contributed by atoms with Crippen LogP contribution in [0.25, 0.3) is 0 Å². The first-order chi connectivity index (χ1) is 26.0. The molecule has 3 atom stereocenters. The monoisotopic (exact) mass is 748 g/mol. The summed E-state index contributed by atoms with van der Waals surface area (Å²) in [6.45, 7) is 3.86. The van der Waals surface area contributed by atoms with E-state index in [1.165, 1.54) is 31.3 Å². The SMILES string of the molecule is CC#CCOc1ccc(C[C@H](NC(=O)[C@@H](C=CCCCCCCC(=O)CCCCCCC)[C@@](O)(CC(=O)OCc2ccncc2)C(=O)O)C(=O)OC)cc1. The summed E-state index contributed by atoms with van der Waals surface area (Å²) in [5.74, 6) is -0.0889. The standard InChI is InChI=1S/C42H56N2O10/c1-4-6-8-11-14-17-34(45)18-15-12-9-10-13-16-19-36(42(51,41(49)50)30-38(46)54-31-33-24-26-43-27-25-33)39(47)44-37(40(48)52-3)29-32-20-22-35(23-21-32)53-28-7-5-2/h16,19-27,36-37,51H,4,6,8-15,17-18,28-31H2,1-3H3,(H,44,47)(H,49,50)/t36-,37+,42+/m1/s1. The molecule has 12 nitrogen and oxygen atoms in total. The molecule has 0 fully saturated rings. The number of hydrogen-bond acceptors (Lipinski definition) is 10. The summed E-state index contributed by atoms with van der Waals surface area (Å²) < 4.78 is 15.7. The first kappa shape index (κ1) is 45.1. The smallest absolute Gasteiger partial charge is 0.337 e. The van der Waals surface area contributed by atoms with Gasteiger partial charge in [-0.1, -0.05) is 75.7 Å². The van der Waals surface area contributed by atoms with Crippen molar-refractivity contribution in [2.24, 2.45) is 5.92 Å². The summed E-state index contributed by atoms with van der Waals surface area (Å²) in [7, 11) is 1.15. The predicted molar refractivity (Wildman–Crippen MR) is 203 cm³/mol. The average Bonchev–Trinajstić information content (AvgIpc) is 3.16. The van der Waals surface area contributed by atoms with E-state index in [4.69, 9.17) is 14.2 Å². The van der Waals surface area contributed by atoms with E-state index in [9.17, 15) is 34.2 Å². The Bertz CT molecular complexity index is 1550. The second-order valence-electron chi connectivity index (χ2n) is 13.1. The summed E-state index contributed by atoms with van der Waals surface area (Å²) in [5.41, 5.74) is -1.70. The number of pyridine rings is 1. The Morgan fingerprint density at radius 1 is 0.907 bits per heavy atom. The van der Waals surface area contributed by atoms with Gasteiger partial charge in [0.05, 0.1) is 19.4 Å². The molecule has 1 aromatic carbocycles. The van der Waals surface area contributed by atoms with Crippen LogP contribution < -0.4 is 10.1 Å². The quantitative estimate of drug-likeness (QED) is 0.0418. The molecule has 1 heterocycles. The van der Waals surface area contributed by atoms with Crippen LogP contribution in [0.4, 0.5) is 0 Å². The van der Waals surface area contributed by atoms with Crippen LogP contribution in [-0.4, -0.2) is 70.2 Å². The van der Waals surface area contributed by atoms with Crippen molar-refractivity contribution in [2.45, 2.75) is 122 Å². The Morgan fingerprint density at radius 3 is 2.17 bits per heavy atom. The fourth-order valence-electron chi connectivity index (χ4n) is 5.66. The van der Waals surface area contributed by atoms with Crippen LogP contribution in [0.1, 0.15) is 108 Å². The van der Waals surface area contributed by atoms with E-state index in [0.29, 0.717) is 42.6 Å². The molecular formula is C42H56N2O10. The number of allylic oxidation sites excluding steroid dienone is 1. The number of amides is 1. The van der Waals surface area contributed by atoms with Gasteiger partial charge in [0.15, 0.2) is 5.60 Å². The first-order valence-corrected chi connectivity index (χ1v) is 18.7. The molecule has 0 radical (unpaired) electrons. The second-order valence-corrected chi connectivity index (χ2v) is 13.1. The van der Waals surface area contributed by atoms with Crippen LogP contribution in [-0.2, 0) is 46.5 Å². The van der Waals surface area contributed by atoms with Gasteiger partial charge in [-0.3, -0.25) is 19.4 Å². The molecule has 0 aliphatic heterocycles. The third-order valence-electron chi connectivity index (χ3n) is 8.85. The van der Waals surface area contributed by atoms with Gasteiger partial charge in [0.2, 0.25) is 5.91 Å². The number of carboxylic acid groups (broad SMARTS) is 1. The van der Waals surface area contributed by atoms with Crippen molar-refractivity contribution in [1.29, 1.82) is 0 Å². The van der Waals surface area contributed by atoms with Crippen LogP contribution in [0, 0.1) is 17.8 Å². The minimum atomic E-state index is -2.92. The van der Waals surface area contributed by atoms with E-state index in [2.05, 4.69) is 29.1 Å². The molecule has 0 bridgehead atoms. The number of aliphatic hydroxyl groups is 1. The normalized spacial score (nSPS) is 13.1. The lowest BCUT2D eigenvalue weighted by Gasteiger charge is -2.30. The number of ketones is 1. The highest BCUT2D eigenvalue weighted by molar-refractivity contribution is 5.95. The number of carboxylic acids is 1.